The summed E-state index contributed by atoms with van der Waals surface area (Å²) in [6.07, 6.45) is 0.612. The second-order valence-electron chi connectivity index (χ2n) is 3.07. The van der Waals surface area contributed by atoms with E-state index in [1.807, 2.05) is 0 Å². The summed E-state index contributed by atoms with van der Waals surface area (Å²) in [4.78, 5) is 29.9. The molecule has 0 aliphatic rings. The van der Waals surface area contributed by atoms with E-state index in [0.717, 1.165) is 5.82 Å². The Morgan fingerprint density at radius 3 is 2.36 bits per heavy atom. The van der Waals surface area contributed by atoms with Gasteiger partial charge in [-0.3, -0.25) is 0 Å². The zero-order valence-electron chi connectivity index (χ0n) is 8.12. The molecule has 0 saturated carbocycles. The summed E-state index contributed by atoms with van der Waals surface area (Å²) in [6, 6.07) is -0.105. The van der Waals surface area contributed by atoms with Crippen molar-refractivity contribution in [3.05, 3.63) is 11.9 Å². The summed E-state index contributed by atoms with van der Waals surface area (Å²) >= 11 is 0. The number of hydrogen-bond donors (Lipinski definition) is 4. The number of rotatable bonds is 6. The SMILES string of the molecule is BC(C)OC(/C=C/[PH](O)(O)O)COO. The molecule has 2 unspecified atom stereocenters. The molecule has 0 aliphatic heterocycles. The van der Waals surface area contributed by atoms with E-state index in [4.69, 9.17) is 24.7 Å². The van der Waals surface area contributed by atoms with Crippen molar-refractivity contribution in [1.29, 1.82) is 0 Å². The van der Waals surface area contributed by atoms with Crippen LogP contribution in [0.5, 0.6) is 0 Å². The van der Waals surface area contributed by atoms with Crippen molar-refractivity contribution in [3.8, 4) is 0 Å². The molecule has 4 N–H and O–H groups in total. The summed E-state index contributed by atoms with van der Waals surface area (Å²) in [5.74, 6) is 0.860. The van der Waals surface area contributed by atoms with Crippen LogP contribution in [0.3, 0.4) is 0 Å². The first-order valence-electron chi connectivity index (χ1n) is 4.13. The molecule has 0 saturated heterocycles. The van der Waals surface area contributed by atoms with Crippen LogP contribution in [0.1, 0.15) is 6.92 Å². The first kappa shape index (κ1) is 14.0. The zero-order chi connectivity index (χ0) is 11.2. The summed E-state index contributed by atoms with van der Waals surface area (Å²) in [5.41, 5.74) is 0. The van der Waals surface area contributed by atoms with Gasteiger partial charge in [0.05, 0.1) is 0 Å². The molecule has 0 amide bonds. The van der Waals surface area contributed by atoms with Crippen molar-refractivity contribution < 1.29 is 29.6 Å². The van der Waals surface area contributed by atoms with E-state index in [-0.39, 0.29) is 12.6 Å². The second kappa shape index (κ2) is 6.47. The molecule has 6 nitrogen and oxygen atoms in total. The Bertz CT molecular complexity index is 180. The molecule has 0 aliphatic carbocycles. The maximum absolute atomic E-state index is 8.67. The van der Waals surface area contributed by atoms with Crippen LogP contribution in [0, 0.1) is 0 Å². The molecule has 0 rings (SSSR count). The summed E-state index contributed by atoms with van der Waals surface area (Å²) < 4.78 is 5.20. The van der Waals surface area contributed by atoms with Crippen molar-refractivity contribution in [1.82, 2.24) is 0 Å². The summed E-state index contributed by atoms with van der Waals surface area (Å²) in [5, 5.41) is 8.19. The van der Waals surface area contributed by atoms with Gasteiger partial charge in [-0.1, -0.05) is 0 Å². The molecule has 0 fully saturated rings. The molecule has 0 aromatic heterocycles. The van der Waals surface area contributed by atoms with E-state index in [0.29, 0.717) is 0 Å². The maximum atomic E-state index is 8.67. The minimum atomic E-state index is -4.20. The van der Waals surface area contributed by atoms with E-state index in [2.05, 4.69) is 4.89 Å². The van der Waals surface area contributed by atoms with Crippen LogP contribution in [0.15, 0.2) is 11.9 Å². The Labute approximate surface area is 83.7 Å². The summed E-state index contributed by atoms with van der Waals surface area (Å²) in [7, 11) is -2.42. The average molecular weight is 226 g/mol. The Morgan fingerprint density at radius 2 is 2.00 bits per heavy atom. The topological polar surface area (TPSA) is 99.4 Å². The fourth-order valence-electron chi connectivity index (χ4n) is 0.800. The molecular formula is C6H16BO6P. The predicted molar refractivity (Wildman–Crippen MR) is 55.6 cm³/mol. The second-order valence-corrected chi connectivity index (χ2v) is 4.77. The molecule has 84 valence electrons. The van der Waals surface area contributed by atoms with Gasteiger partial charge in [-0.25, -0.2) is 0 Å². The van der Waals surface area contributed by atoms with Crippen molar-refractivity contribution in [2.24, 2.45) is 0 Å². The Hall–Kier alpha value is -0.00506. The number of ether oxygens (including phenoxy) is 1. The van der Waals surface area contributed by atoms with Crippen LogP contribution in [-0.2, 0) is 9.62 Å². The first-order chi connectivity index (χ1) is 6.35. The van der Waals surface area contributed by atoms with Gasteiger partial charge in [0.1, 0.15) is 0 Å². The van der Waals surface area contributed by atoms with E-state index >= 15 is 0 Å². The van der Waals surface area contributed by atoms with Crippen molar-refractivity contribution >= 4 is 15.8 Å². The van der Waals surface area contributed by atoms with E-state index in [1.165, 1.54) is 6.08 Å². The molecule has 0 heterocycles. The Morgan fingerprint density at radius 1 is 1.43 bits per heavy atom. The van der Waals surface area contributed by atoms with Crippen molar-refractivity contribution in [2.45, 2.75) is 19.0 Å². The molecular weight excluding hydrogens is 210 g/mol. The van der Waals surface area contributed by atoms with Gasteiger partial charge >= 0.3 is 82.9 Å². The Kier molecular flexibility index (Phi) is 6.47. The van der Waals surface area contributed by atoms with Gasteiger partial charge in [-0.2, -0.15) is 0 Å². The molecule has 8 heteroatoms. The monoisotopic (exact) mass is 226 g/mol. The van der Waals surface area contributed by atoms with Crippen LogP contribution in [-0.4, -0.2) is 46.5 Å². The normalized spacial score (nSPS) is 18.4. The van der Waals surface area contributed by atoms with Crippen LogP contribution in [0.25, 0.3) is 0 Å². The fourth-order valence-corrected chi connectivity index (χ4v) is 1.27. The minimum absolute atomic E-state index is 0.105. The molecule has 0 aromatic rings. The van der Waals surface area contributed by atoms with Gasteiger partial charge in [0.25, 0.3) is 0 Å². The molecule has 14 heavy (non-hydrogen) atoms. The third kappa shape index (κ3) is 8.59. The standard InChI is InChI=1S/C6H16BO6P/c1-5(7)13-6(4-12-8)2-3-14(9,10)11/h2-3,5-6,8-11,14H,4,7H2,1H3/b3-2+. The van der Waals surface area contributed by atoms with E-state index < -0.39 is 14.0 Å². The molecule has 2 atom stereocenters. The van der Waals surface area contributed by atoms with Gasteiger partial charge in [-0.15, -0.1) is 0 Å². The van der Waals surface area contributed by atoms with Crippen molar-refractivity contribution in [3.63, 3.8) is 0 Å². The molecule has 0 radical (unpaired) electrons. The van der Waals surface area contributed by atoms with E-state index in [1.54, 1.807) is 14.8 Å². The zero-order valence-corrected chi connectivity index (χ0v) is 9.12. The van der Waals surface area contributed by atoms with Crippen LogP contribution in [0.4, 0.5) is 0 Å². The van der Waals surface area contributed by atoms with Crippen LogP contribution >= 0.6 is 7.94 Å². The van der Waals surface area contributed by atoms with Gasteiger partial charge < -0.3 is 0 Å². The predicted octanol–water partition coefficient (Wildman–Crippen LogP) is -1.17. The van der Waals surface area contributed by atoms with Gasteiger partial charge in [0.2, 0.25) is 0 Å². The summed E-state index contributed by atoms with van der Waals surface area (Å²) in [6.45, 7) is 1.64. The van der Waals surface area contributed by atoms with Crippen molar-refractivity contribution in [2.75, 3.05) is 6.61 Å². The quantitative estimate of drug-likeness (QED) is 0.197. The molecule has 0 spiro atoms. The first-order valence-corrected chi connectivity index (χ1v) is 6.05. The fraction of sp³-hybridized carbons (Fsp3) is 0.667. The number of hydrogen-bond acceptors (Lipinski definition) is 6. The van der Waals surface area contributed by atoms with Gasteiger partial charge in [0.15, 0.2) is 0 Å². The third-order valence-electron chi connectivity index (χ3n) is 1.22. The Balaban J connectivity index is 4.15. The van der Waals surface area contributed by atoms with E-state index in [9.17, 15) is 0 Å². The molecule has 0 aromatic carbocycles. The molecule has 0 bridgehead atoms. The van der Waals surface area contributed by atoms with Crippen LogP contribution < -0.4 is 0 Å². The van der Waals surface area contributed by atoms with Gasteiger partial charge in [-0.05, 0) is 0 Å². The third-order valence-corrected chi connectivity index (χ3v) is 1.86. The van der Waals surface area contributed by atoms with Crippen LogP contribution in [0.2, 0.25) is 0 Å². The van der Waals surface area contributed by atoms with Gasteiger partial charge in [0, 0.05) is 0 Å². The average Bonchev–Trinajstić information content (AvgIpc) is 1.98.